The average molecular weight is 480 g/mol. The van der Waals surface area contributed by atoms with Crippen molar-refractivity contribution in [1.29, 1.82) is 0 Å². The van der Waals surface area contributed by atoms with Crippen LogP contribution in [0, 0.1) is 0 Å². The van der Waals surface area contributed by atoms with Crippen molar-refractivity contribution in [3.05, 3.63) is 91.7 Å². The fourth-order valence-corrected chi connectivity index (χ4v) is 7.34. The Morgan fingerprint density at radius 1 is 1.06 bits per heavy atom. The summed E-state index contributed by atoms with van der Waals surface area (Å²) < 4.78 is 2.31. The van der Waals surface area contributed by atoms with E-state index in [4.69, 9.17) is 11.6 Å². The van der Waals surface area contributed by atoms with Crippen LogP contribution in [0.4, 0.5) is 10.5 Å². The van der Waals surface area contributed by atoms with Gasteiger partial charge < -0.3 is 14.8 Å². The third kappa shape index (κ3) is 3.38. The molecule has 0 bridgehead atoms. The van der Waals surface area contributed by atoms with E-state index in [-0.39, 0.29) is 12.1 Å². The van der Waals surface area contributed by atoms with E-state index in [1.807, 2.05) is 34.4 Å². The minimum atomic E-state index is -0.150. The first-order chi connectivity index (χ1) is 15.7. The second kappa shape index (κ2) is 8.10. The highest BCUT2D eigenvalue weighted by Crippen LogP contribution is 2.44. The van der Waals surface area contributed by atoms with Crippen LogP contribution < -0.4 is 5.32 Å². The Balaban J connectivity index is 1.49. The zero-order valence-corrected chi connectivity index (χ0v) is 19.8. The van der Waals surface area contributed by atoms with Gasteiger partial charge in [0, 0.05) is 32.2 Å². The number of nitrogens with one attached hydrogen (secondary N) is 1. The van der Waals surface area contributed by atoms with E-state index >= 15 is 0 Å². The fourth-order valence-electron chi connectivity index (χ4n) is 4.89. The molecular formula is C25H22ClN3OS2. The number of anilines is 1. The molecule has 2 amide bonds. The zero-order chi connectivity index (χ0) is 21.7. The molecule has 0 fully saturated rings. The van der Waals surface area contributed by atoms with E-state index in [9.17, 15) is 4.79 Å². The molecule has 0 spiro atoms. The largest absolute Gasteiger partial charge is 0.323 e. The lowest BCUT2D eigenvalue weighted by molar-refractivity contribution is 0.195. The van der Waals surface area contributed by atoms with Gasteiger partial charge in [0.05, 0.1) is 12.2 Å². The number of carbonyl (C=O) groups is 1. The van der Waals surface area contributed by atoms with Crippen LogP contribution in [0.5, 0.6) is 0 Å². The first kappa shape index (κ1) is 20.1. The molecule has 0 saturated carbocycles. The van der Waals surface area contributed by atoms with Crippen molar-refractivity contribution in [2.24, 2.45) is 0 Å². The van der Waals surface area contributed by atoms with Crippen LogP contribution in [0.3, 0.4) is 0 Å². The lowest BCUT2D eigenvalue weighted by Gasteiger charge is -2.30. The van der Waals surface area contributed by atoms with Crippen LogP contribution in [0.1, 0.15) is 45.5 Å². The highest BCUT2D eigenvalue weighted by molar-refractivity contribution is 7.15. The summed E-state index contributed by atoms with van der Waals surface area (Å²) >= 11 is 9.77. The van der Waals surface area contributed by atoms with Gasteiger partial charge in [-0.2, -0.15) is 0 Å². The number of fused-ring (bicyclic) bond motifs is 5. The summed E-state index contributed by atoms with van der Waals surface area (Å²) in [7, 11) is 0. The second-order valence-corrected chi connectivity index (χ2v) is 10.8. The molecule has 1 N–H and O–H groups in total. The topological polar surface area (TPSA) is 37.3 Å². The van der Waals surface area contributed by atoms with Gasteiger partial charge in [-0.1, -0.05) is 23.7 Å². The van der Waals surface area contributed by atoms with Gasteiger partial charge in [0.15, 0.2) is 0 Å². The number of nitrogens with zero attached hydrogens (tertiary/aromatic N) is 2. The van der Waals surface area contributed by atoms with Crippen LogP contribution in [-0.4, -0.2) is 15.5 Å². The molecule has 1 aromatic carbocycles. The number of aryl methyl sites for hydroxylation is 1. The Morgan fingerprint density at radius 3 is 2.81 bits per heavy atom. The van der Waals surface area contributed by atoms with E-state index in [0.29, 0.717) is 17.3 Å². The van der Waals surface area contributed by atoms with Crippen LogP contribution in [0.2, 0.25) is 5.02 Å². The highest BCUT2D eigenvalue weighted by atomic mass is 35.5. The van der Waals surface area contributed by atoms with Gasteiger partial charge in [0.2, 0.25) is 0 Å². The Bertz CT molecular complexity index is 1290. The fraction of sp³-hybridized carbons (Fsp3) is 0.240. The van der Waals surface area contributed by atoms with Crippen molar-refractivity contribution in [3.63, 3.8) is 0 Å². The molecule has 4 aromatic rings. The molecule has 162 valence electrons. The molecule has 1 aliphatic heterocycles. The van der Waals surface area contributed by atoms with Crippen LogP contribution in [0.15, 0.2) is 60.1 Å². The summed E-state index contributed by atoms with van der Waals surface area (Å²) in [5.74, 6) is 0. The third-order valence-corrected chi connectivity index (χ3v) is 8.82. The quantitative estimate of drug-likeness (QED) is 0.322. The Kier molecular flexibility index (Phi) is 5.09. The molecule has 4 heterocycles. The van der Waals surface area contributed by atoms with Gasteiger partial charge >= 0.3 is 6.03 Å². The SMILES string of the molecule is O=C(Nc1cccc(Cl)c1)N1Cc2c(sc3c2CCCC3)-n2cccc2C1c1cccs1. The number of hydrogen-bond donors (Lipinski definition) is 1. The standard InChI is InChI=1S/C25H22ClN3OS2/c26-16-6-3-7-17(14-16)27-25(30)29-15-19-18-8-1-2-10-21(18)32-24(19)28-12-4-9-20(28)23(29)22-11-5-13-31-22/h3-7,9,11-14,23H,1-2,8,10,15H2,(H,27,30). The van der Waals surface area contributed by atoms with Gasteiger partial charge in [0.1, 0.15) is 11.0 Å². The zero-order valence-electron chi connectivity index (χ0n) is 17.4. The summed E-state index contributed by atoms with van der Waals surface area (Å²) in [6.07, 6.45) is 6.87. The molecule has 32 heavy (non-hydrogen) atoms. The van der Waals surface area contributed by atoms with Crippen LogP contribution in [-0.2, 0) is 19.4 Å². The number of rotatable bonds is 2. The molecule has 4 nitrogen and oxygen atoms in total. The molecule has 6 rings (SSSR count). The normalized spacial score (nSPS) is 17.3. The second-order valence-electron chi connectivity index (χ2n) is 8.28. The Labute approximate surface area is 200 Å². The van der Waals surface area contributed by atoms with E-state index in [2.05, 4.69) is 45.7 Å². The smallest absolute Gasteiger partial charge is 0.310 e. The number of carbonyl (C=O) groups excluding carboxylic acids is 1. The maximum atomic E-state index is 13.7. The van der Waals surface area contributed by atoms with E-state index < -0.39 is 0 Å². The summed E-state index contributed by atoms with van der Waals surface area (Å²) in [6.45, 7) is 0.595. The monoisotopic (exact) mass is 479 g/mol. The van der Waals surface area contributed by atoms with E-state index in [1.165, 1.54) is 33.8 Å². The van der Waals surface area contributed by atoms with Crippen molar-refractivity contribution in [2.75, 3.05) is 5.32 Å². The number of halogens is 1. The van der Waals surface area contributed by atoms with Gasteiger partial charge in [0.25, 0.3) is 0 Å². The lowest BCUT2D eigenvalue weighted by Crippen LogP contribution is -2.37. The molecule has 0 radical (unpaired) electrons. The summed E-state index contributed by atoms with van der Waals surface area (Å²) in [5.41, 5.74) is 4.61. The number of amides is 2. The van der Waals surface area contributed by atoms with Crippen LogP contribution in [0.25, 0.3) is 5.00 Å². The number of urea groups is 1. The number of aromatic nitrogens is 1. The predicted octanol–water partition coefficient (Wildman–Crippen LogP) is 7.27. The minimum absolute atomic E-state index is 0.109. The Hall–Kier alpha value is -2.54. The van der Waals surface area contributed by atoms with E-state index in [1.54, 1.807) is 17.4 Å². The van der Waals surface area contributed by atoms with Crippen molar-refractivity contribution < 1.29 is 4.79 Å². The number of hydrogen-bond acceptors (Lipinski definition) is 3. The van der Waals surface area contributed by atoms with Gasteiger partial charge in [-0.3, -0.25) is 0 Å². The lowest BCUT2D eigenvalue weighted by atomic mass is 9.95. The molecule has 2 aliphatic rings. The molecule has 7 heteroatoms. The van der Waals surface area contributed by atoms with Crippen molar-refractivity contribution in [3.8, 4) is 5.00 Å². The summed E-state index contributed by atoms with van der Waals surface area (Å²) in [5, 5.41) is 7.06. The molecular weight excluding hydrogens is 458 g/mol. The maximum absolute atomic E-state index is 13.7. The molecule has 1 unspecified atom stereocenters. The summed E-state index contributed by atoms with van der Waals surface area (Å²) in [4.78, 5) is 18.4. The third-order valence-electron chi connectivity index (χ3n) is 6.33. The minimum Gasteiger partial charge on any atom is -0.310 e. The van der Waals surface area contributed by atoms with Gasteiger partial charge in [-0.15, -0.1) is 22.7 Å². The summed E-state index contributed by atoms with van der Waals surface area (Å²) in [6, 6.07) is 15.5. The molecule has 0 saturated heterocycles. The Morgan fingerprint density at radius 2 is 1.97 bits per heavy atom. The molecule has 1 aliphatic carbocycles. The average Bonchev–Trinajstić information content (AvgIpc) is 3.53. The first-order valence-corrected chi connectivity index (χ1v) is 12.9. The molecule has 1 atom stereocenters. The predicted molar refractivity (Wildman–Crippen MR) is 132 cm³/mol. The van der Waals surface area contributed by atoms with Gasteiger partial charge in [-0.05, 0) is 73.0 Å². The first-order valence-electron chi connectivity index (χ1n) is 10.9. The maximum Gasteiger partial charge on any atom is 0.323 e. The molecule has 3 aromatic heterocycles. The van der Waals surface area contributed by atoms with Crippen molar-refractivity contribution >= 4 is 46.0 Å². The van der Waals surface area contributed by atoms with Crippen molar-refractivity contribution in [1.82, 2.24) is 9.47 Å². The van der Waals surface area contributed by atoms with Gasteiger partial charge in [-0.25, -0.2) is 4.79 Å². The number of thiophene rings is 2. The highest BCUT2D eigenvalue weighted by Gasteiger charge is 2.36. The van der Waals surface area contributed by atoms with Crippen molar-refractivity contribution in [2.45, 2.75) is 38.3 Å². The van der Waals surface area contributed by atoms with Crippen LogP contribution >= 0.6 is 34.3 Å². The number of benzene rings is 1. The van der Waals surface area contributed by atoms with E-state index in [0.717, 1.165) is 23.4 Å².